The van der Waals surface area contributed by atoms with E-state index >= 15 is 0 Å². The number of rotatable bonds is 8. The van der Waals surface area contributed by atoms with Gasteiger partial charge in [0.05, 0.1) is 67.6 Å². The van der Waals surface area contributed by atoms with Crippen LogP contribution in [0, 0.1) is 31.0 Å². The van der Waals surface area contributed by atoms with Gasteiger partial charge in [0.15, 0.2) is 0 Å². The average molecular weight is 676 g/mol. The Morgan fingerprint density at radius 2 is 1.96 bits per heavy atom. The highest BCUT2D eigenvalue weighted by molar-refractivity contribution is 7.18. The van der Waals surface area contributed by atoms with Crippen LogP contribution in [0.25, 0.3) is 32.2 Å². The molecule has 46 heavy (non-hydrogen) atoms. The van der Waals surface area contributed by atoms with Gasteiger partial charge in [0.25, 0.3) is 5.56 Å². The molecule has 0 amide bonds. The predicted octanol–water partition coefficient (Wildman–Crippen LogP) is 7.52. The zero-order valence-corrected chi connectivity index (χ0v) is 26.4. The molecular weight excluding hydrogens is 654 g/mol. The van der Waals surface area contributed by atoms with Crippen molar-refractivity contribution in [2.45, 2.75) is 20.4 Å². The Balaban J connectivity index is 1.35. The summed E-state index contributed by atoms with van der Waals surface area (Å²) in [5.74, 6) is -0.828. The number of nitrogens with zero attached hydrogens (tertiary/aromatic N) is 5. The van der Waals surface area contributed by atoms with E-state index in [1.54, 1.807) is 37.4 Å². The fourth-order valence-electron chi connectivity index (χ4n) is 5.15. The van der Waals surface area contributed by atoms with E-state index in [1.165, 1.54) is 34.2 Å². The second kappa shape index (κ2) is 12.4. The Hall–Kier alpha value is -5.09. The van der Waals surface area contributed by atoms with Crippen LogP contribution in [0.2, 0.25) is 10.0 Å². The second-order valence-corrected chi connectivity index (χ2v) is 11.9. The molecular formula is C32H21Cl2FN6O4S. The summed E-state index contributed by atoms with van der Waals surface area (Å²) in [7, 11) is 0. The zero-order valence-electron chi connectivity index (χ0n) is 24.1. The van der Waals surface area contributed by atoms with Crippen LogP contribution < -0.4 is 15.6 Å². The number of aromatic carboxylic acids is 1. The molecule has 0 spiro atoms. The van der Waals surface area contributed by atoms with Gasteiger partial charge in [-0.1, -0.05) is 23.2 Å². The van der Waals surface area contributed by atoms with E-state index in [2.05, 4.69) is 20.3 Å². The van der Waals surface area contributed by atoms with Gasteiger partial charge < -0.3 is 15.2 Å². The van der Waals surface area contributed by atoms with E-state index < -0.39 is 17.3 Å². The molecule has 6 aromatic rings. The molecule has 0 saturated heterocycles. The molecule has 0 saturated carbocycles. The van der Waals surface area contributed by atoms with E-state index in [1.807, 2.05) is 12.1 Å². The number of nitriles is 1. The van der Waals surface area contributed by atoms with Crippen LogP contribution in [0.4, 0.5) is 15.8 Å². The van der Waals surface area contributed by atoms with Gasteiger partial charge in [-0.3, -0.25) is 19.3 Å². The molecule has 0 radical (unpaired) electrons. The third-order valence-corrected chi connectivity index (χ3v) is 8.70. The Kier molecular flexibility index (Phi) is 8.31. The van der Waals surface area contributed by atoms with E-state index in [0.29, 0.717) is 43.6 Å². The number of ether oxygens (including phenoxy) is 1. The molecule has 0 atom stereocenters. The number of benzene rings is 2. The molecule has 0 aliphatic carbocycles. The first kappa shape index (κ1) is 30.9. The zero-order chi connectivity index (χ0) is 32.7. The van der Waals surface area contributed by atoms with Crippen LogP contribution in [-0.4, -0.2) is 37.2 Å². The number of aromatic nitrogens is 4. The third-order valence-electron chi connectivity index (χ3n) is 7.16. The van der Waals surface area contributed by atoms with Crippen LogP contribution in [0.5, 0.6) is 5.75 Å². The highest BCUT2D eigenvalue weighted by atomic mass is 35.5. The van der Waals surface area contributed by atoms with Gasteiger partial charge in [0.2, 0.25) is 0 Å². The highest BCUT2D eigenvalue weighted by Crippen LogP contribution is 2.40. The minimum atomic E-state index is -1.07. The topological polar surface area (TPSA) is 143 Å². The lowest BCUT2D eigenvalue weighted by atomic mass is 10.0. The molecule has 0 bridgehead atoms. The van der Waals surface area contributed by atoms with Gasteiger partial charge in [-0.25, -0.2) is 14.2 Å². The second-order valence-electron chi connectivity index (χ2n) is 10.2. The van der Waals surface area contributed by atoms with E-state index in [4.69, 9.17) is 27.9 Å². The molecule has 4 heterocycles. The van der Waals surface area contributed by atoms with Crippen LogP contribution in [0.3, 0.4) is 0 Å². The predicted molar refractivity (Wildman–Crippen MR) is 175 cm³/mol. The number of carboxylic acid groups (broad SMARTS) is 1. The van der Waals surface area contributed by atoms with Crippen molar-refractivity contribution in [3.63, 3.8) is 0 Å². The van der Waals surface area contributed by atoms with Gasteiger partial charge in [-0.2, -0.15) is 5.26 Å². The molecule has 0 fully saturated rings. The van der Waals surface area contributed by atoms with Crippen molar-refractivity contribution in [1.82, 2.24) is 19.5 Å². The summed E-state index contributed by atoms with van der Waals surface area (Å²) >= 11 is 14.1. The number of fused-ring (bicyclic) bond motifs is 2. The first-order valence-electron chi connectivity index (χ1n) is 13.6. The van der Waals surface area contributed by atoms with Crippen molar-refractivity contribution in [2.24, 2.45) is 0 Å². The standard InChI is InChI=1S/C32H21Cl2FN6O4S/c1-15-7-21(30-29(38-15)23(14-46-30)32(43)44)20-8-17(33)3-4-26(20)45-6-5-41-16(2)39-25-10-24(34)28(22(11-36)27(25)31(41)42)40-19-9-18(35)12-37-13-19/h3-4,7-10,12-14,40H,5-6H2,1-2H3,(H,43,44). The molecule has 0 unspecified atom stereocenters. The van der Waals surface area contributed by atoms with E-state index in [0.717, 1.165) is 6.20 Å². The highest BCUT2D eigenvalue weighted by Gasteiger charge is 2.21. The number of aryl methyl sites for hydroxylation is 2. The van der Waals surface area contributed by atoms with Gasteiger partial charge in [0.1, 0.15) is 30.1 Å². The SMILES string of the molecule is Cc1cc(-c2cc(Cl)ccc2OCCn2c(C)nc3cc(Cl)c(Nc4cncc(F)c4)c(C#N)c3c2=O)c2scc(C(=O)O)c2n1. The Labute approximate surface area is 274 Å². The number of carboxylic acids is 1. The average Bonchev–Trinajstić information content (AvgIpc) is 3.44. The number of hydrogen-bond donors (Lipinski definition) is 2. The summed E-state index contributed by atoms with van der Waals surface area (Å²) < 4.78 is 22.0. The molecule has 230 valence electrons. The number of carbonyl (C=O) groups is 1. The van der Waals surface area contributed by atoms with Crippen LogP contribution in [-0.2, 0) is 6.54 Å². The molecule has 10 nitrogen and oxygen atoms in total. The fourth-order valence-corrected chi connectivity index (χ4v) is 6.58. The van der Waals surface area contributed by atoms with Gasteiger partial charge >= 0.3 is 5.97 Å². The summed E-state index contributed by atoms with van der Waals surface area (Å²) in [4.78, 5) is 38.4. The minimum absolute atomic E-state index is 0.0378. The van der Waals surface area contributed by atoms with Crippen molar-refractivity contribution in [1.29, 1.82) is 5.26 Å². The molecule has 14 heteroatoms. The largest absolute Gasteiger partial charge is 0.491 e. The quantitative estimate of drug-likeness (QED) is 0.167. The lowest BCUT2D eigenvalue weighted by Gasteiger charge is -2.17. The van der Waals surface area contributed by atoms with Crippen LogP contribution >= 0.6 is 34.5 Å². The van der Waals surface area contributed by atoms with Gasteiger partial charge in [0, 0.05) is 33.3 Å². The number of thiophene rings is 1. The van der Waals surface area contributed by atoms with E-state index in [-0.39, 0.29) is 51.6 Å². The summed E-state index contributed by atoms with van der Waals surface area (Å²) in [5.41, 5.74) is 2.51. The molecule has 2 N–H and O–H groups in total. The first-order valence-corrected chi connectivity index (χ1v) is 15.3. The Morgan fingerprint density at radius 1 is 1.15 bits per heavy atom. The van der Waals surface area contributed by atoms with Gasteiger partial charge in [-0.15, -0.1) is 11.3 Å². The number of pyridine rings is 2. The number of nitrogens with one attached hydrogen (secondary N) is 1. The molecule has 0 aliphatic heterocycles. The first-order chi connectivity index (χ1) is 22.0. The van der Waals surface area contributed by atoms with E-state index in [9.17, 15) is 24.3 Å². The monoisotopic (exact) mass is 674 g/mol. The smallest absolute Gasteiger partial charge is 0.338 e. The maximum Gasteiger partial charge on any atom is 0.338 e. The summed E-state index contributed by atoms with van der Waals surface area (Å²) in [6.45, 7) is 3.55. The van der Waals surface area contributed by atoms with Crippen LogP contribution in [0.15, 0.2) is 59.0 Å². The Morgan fingerprint density at radius 3 is 2.70 bits per heavy atom. The van der Waals surface area contributed by atoms with Crippen molar-refractivity contribution in [2.75, 3.05) is 11.9 Å². The van der Waals surface area contributed by atoms with Crippen molar-refractivity contribution >= 4 is 73.0 Å². The molecule has 6 rings (SSSR count). The Bertz CT molecular complexity index is 2320. The van der Waals surface area contributed by atoms with Gasteiger partial charge in [-0.05, 0) is 44.2 Å². The molecule has 2 aromatic carbocycles. The lowest BCUT2D eigenvalue weighted by Crippen LogP contribution is -2.27. The number of anilines is 2. The summed E-state index contributed by atoms with van der Waals surface area (Å²) in [6, 6.07) is 11.6. The molecule has 4 aromatic heterocycles. The fraction of sp³-hybridized carbons (Fsp3) is 0.125. The molecule has 0 aliphatic rings. The normalized spacial score (nSPS) is 11.1. The summed E-state index contributed by atoms with van der Waals surface area (Å²) in [6.07, 6.45) is 2.40. The third kappa shape index (κ3) is 5.72. The van der Waals surface area contributed by atoms with Crippen molar-refractivity contribution in [3.8, 4) is 22.9 Å². The number of halogens is 3. The minimum Gasteiger partial charge on any atom is -0.491 e. The van der Waals surface area contributed by atoms with Crippen molar-refractivity contribution < 1.29 is 19.0 Å². The van der Waals surface area contributed by atoms with Crippen LogP contribution in [0.1, 0.15) is 27.4 Å². The lowest BCUT2D eigenvalue weighted by molar-refractivity contribution is 0.0699. The maximum atomic E-state index is 13.8. The van der Waals surface area contributed by atoms with Crippen molar-refractivity contribution in [3.05, 3.63) is 103 Å². The summed E-state index contributed by atoms with van der Waals surface area (Å²) in [5, 5.41) is 24.8. The maximum absolute atomic E-state index is 13.8. The number of hydrogen-bond acceptors (Lipinski definition) is 9.